The van der Waals surface area contributed by atoms with Crippen molar-refractivity contribution in [2.45, 2.75) is 6.10 Å². The molecule has 0 aliphatic heterocycles. The van der Waals surface area contributed by atoms with Crippen molar-refractivity contribution in [3.63, 3.8) is 0 Å². The number of benzene rings is 2. The molecule has 1 atom stereocenters. The summed E-state index contributed by atoms with van der Waals surface area (Å²) in [5, 5.41) is 15.3. The zero-order valence-corrected chi connectivity index (χ0v) is 13.3. The van der Waals surface area contributed by atoms with Crippen LogP contribution in [0.2, 0.25) is 5.02 Å². The molecular weight excluding hydrogens is 352 g/mol. The maximum absolute atomic E-state index is 10.5. The molecule has 3 nitrogen and oxygen atoms in total. The van der Waals surface area contributed by atoms with Gasteiger partial charge < -0.3 is 5.11 Å². The molecule has 0 aliphatic carbocycles. The molecule has 0 radical (unpaired) electrons. The van der Waals surface area contributed by atoms with Gasteiger partial charge in [-0.25, -0.2) is 4.68 Å². The lowest BCUT2D eigenvalue weighted by atomic mass is 10.0. The van der Waals surface area contributed by atoms with Crippen molar-refractivity contribution in [1.29, 1.82) is 0 Å². The zero-order valence-electron chi connectivity index (χ0n) is 10.9. The molecule has 0 aliphatic rings. The molecule has 0 amide bonds. The molecule has 0 spiro atoms. The van der Waals surface area contributed by atoms with Crippen LogP contribution in [0.25, 0.3) is 5.69 Å². The molecule has 2 aromatic carbocycles. The number of hydrogen-bond acceptors (Lipinski definition) is 2. The lowest BCUT2D eigenvalue weighted by Gasteiger charge is -2.11. The quantitative estimate of drug-likeness (QED) is 0.750. The van der Waals surface area contributed by atoms with E-state index in [9.17, 15) is 5.11 Å². The molecule has 1 aromatic heterocycles. The monoisotopic (exact) mass is 362 g/mol. The lowest BCUT2D eigenvalue weighted by Crippen LogP contribution is -1.99. The molecule has 106 valence electrons. The van der Waals surface area contributed by atoms with E-state index in [-0.39, 0.29) is 0 Å². The Morgan fingerprint density at radius 3 is 2.62 bits per heavy atom. The third-order valence-electron chi connectivity index (χ3n) is 3.20. The molecule has 1 unspecified atom stereocenters. The fourth-order valence-electron chi connectivity index (χ4n) is 2.10. The summed E-state index contributed by atoms with van der Waals surface area (Å²) >= 11 is 9.53. The van der Waals surface area contributed by atoms with Crippen molar-refractivity contribution >= 4 is 27.5 Å². The second-order valence-electron chi connectivity index (χ2n) is 4.62. The van der Waals surface area contributed by atoms with E-state index in [4.69, 9.17) is 11.6 Å². The third kappa shape index (κ3) is 3.02. The van der Waals surface area contributed by atoms with Crippen LogP contribution in [-0.2, 0) is 0 Å². The number of nitrogens with zero attached hydrogens (tertiary/aromatic N) is 2. The van der Waals surface area contributed by atoms with Crippen LogP contribution < -0.4 is 0 Å². The average molecular weight is 364 g/mol. The standard InChI is InChI=1S/C16H12BrClN2O/c17-12-6-7-14(15(18)8-12)16(21)11-9-19-20(10-11)13-4-2-1-3-5-13/h1-10,16,21H. The van der Waals surface area contributed by atoms with Crippen LogP contribution in [0.3, 0.4) is 0 Å². The molecular formula is C16H12BrClN2O. The third-order valence-corrected chi connectivity index (χ3v) is 4.02. The summed E-state index contributed by atoms with van der Waals surface area (Å²) in [5.74, 6) is 0. The van der Waals surface area contributed by atoms with E-state index in [1.807, 2.05) is 36.4 Å². The second-order valence-corrected chi connectivity index (χ2v) is 5.95. The molecule has 0 saturated carbocycles. The minimum absolute atomic E-state index is 0.518. The highest BCUT2D eigenvalue weighted by atomic mass is 79.9. The fraction of sp³-hybridized carbons (Fsp3) is 0.0625. The Labute approximate surface area is 135 Å². The van der Waals surface area contributed by atoms with Gasteiger partial charge in [-0.05, 0) is 24.3 Å². The minimum atomic E-state index is -0.803. The lowest BCUT2D eigenvalue weighted by molar-refractivity contribution is 0.220. The molecule has 5 heteroatoms. The van der Waals surface area contributed by atoms with Crippen LogP contribution in [0.5, 0.6) is 0 Å². The summed E-state index contributed by atoms with van der Waals surface area (Å²) < 4.78 is 2.61. The van der Waals surface area contributed by atoms with Gasteiger partial charge in [-0.3, -0.25) is 0 Å². The number of para-hydroxylation sites is 1. The number of hydrogen-bond donors (Lipinski definition) is 1. The van der Waals surface area contributed by atoms with Gasteiger partial charge in [-0.2, -0.15) is 5.10 Å². The van der Waals surface area contributed by atoms with Crippen molar-refractivity contribution in [1.82, 2.24) is 9.78 Å². The predicted octanol–water partition coefficient (Wildman–Crippen LogP) is 4.37. The molecule has 0 bridgehead atoms. The van der Waals surface area contributed by atoms with Crippen LogP contribution in [0, 0.1) is 0 Å². The number of aliphatic hydroxyl groups excluding tert-OH is 1. The van der Waals surface area contributed by atoms with E-state index in [1.54, 1.807) is 29.2 Å². The average Bonchev–Trinajstić information content (AvgIpc) is 2.97. The molecule has 1 N–H and O–H groups in total. The van der Waals surface area contributed by atoms with Crippen molar-refractivity contribution in [3.8, 4) is 5.69 Å². The van der Waals surface area contributed by atoms with Crippen molar-refractivity contribution in [2.75, 3.05) is 0 Å². The highest BCUT2D eigenvalue weighted by Gasteiger charge is 2.16. The van der Waals surface area contributed by atoms with Gasteiger partial charge in [0.2, 0.25) is 0 Å². The van der Waals surface area contributed by atoms with Gasteiger partial charge in [0.15, 0.2) is 0 Å². The van der Waals surface area contributed by atoms with E-state index >= 15 is 0 Å². The maximum Gasteiger partial charge on any atom is 0.109 e. The van der Waals surface area contributed by atoms with Crippen molar-refractivity contribution in [2.24, 2.45) is 0 Å². The van der Waals surface area contributed by atoms with E-state index in [1.165, 1.54) is 0 Å². The molecule has 0 saturated heterocycles. The van der Waals surface area contributed by atoms with Crippen LogP contribution in [0.4, 0.5) is 0 Å². The minimum Gasteiger partial charge on any atom is -0.383 e. The van der Waals surface area contributed by atoms with E-state index in [2.05, 4.69) is 21.0 Å². The molecule has 21 heavy (non-hydrogen) atoms. The maximum atomic E-state index is 10.5. The Bertz CT molecular complexity index is 758. The summed E-state index contributed by atoms with van der Waals surface area (Å²) in [6.45, 7) is 0. The number of aliphatic hydroxyl groups is 1. The van der Waals surface area contributed by atoms with E-state index in [0.717, 1.165) is 10.2 Å². The first-order valence-electron chi connectivity index (χ1n) is 6.38. The van der Waals surface area contributed by atoms with Crippen LogP contribution in [0.15, 0.2) is 65.4 Å². The first kappa shape index (κ1) is 14.3. The van der Waals surface area contributed by atoms with Gasteiger partial charge in [0.05, 0.1) is 11.9 Å². The van der Waals surface area contributed by atoms with Crippen molar-refractivity contribution in [3.05, 3.63) is 81.5 Å². The summed E-state index contributed by atoms with van der Waals surface area (Å²) in [4.78, 5) is 0. The van der Waals surface area contributed by atoms with Crippen molar-refractivity contribution < 1.29 is 5.11 Å². The Hall–Kier alpha value is -1.62. The zero-order chi connectivity index (χ0) is 14.8. The summed E-state index contributed by atoms with van der Waals surface area (Å²) in [7, 11) is 0. The molecule has 0 fully saturated rings. The Kier molecular flexibility index (Phi) is 4.10. The van der Waals surface area contributed by atoms with E-state index < -0.39 is 6.10 Å². The highest BCUT2D eigenvalue weighted by Crippen LogP contribution is 2.30. The van der Waals surface area contributed by atoms with Crippen LogP contribution in [-0.4, -0.2) is 14.9 Å². The Morgan fingerprint density at radius 1 is 1.14 bits per heavy atom. The SMILES string of the molecule is OC(c1cnn(-c2ccccc2)c1)c1ccc(Br)cc1Cl. The first-order valence-corrected chi connectivity index (χ1v) is 7.55. The Balaban J connectivity index is 1.92. The summed E-state index contributed by atoms with van der Waals surface area (Å²) in [5.41, 5.74) is 2.30. The predicted molar refractivity (Wildman–Crippen MR) is 86.8 cm³/mol. The van der Waals surface area contributed by atoms with Gasteiger partial charge >= 0.3 is 0 Å². The van der Waals surface area contributed by atoms with Gasteiger partial charge in [0, 0.05) is 26.8 Å². The Morgan fingerprint density at radius 2 is 1.90 bits per heavy atom. The summed E-state index contributed by atoms with van der Waals surface area (Å²) in [6, 6.07) is 15.2. The second kappa shape index (κ2) is 6.02. The number of aromatic nitrogens is 2. The largest absolute Gasteiger partial charge is 0.383 e. The first-order chi connectivity index (χ1) is 10.1. The molecule has 1 heterocycles. The van der Waals surface area contributed by atoms with Gasteiger partial charge in [-0.1, -0.05) is 51.8 Å². The highest BCUT2D eigenvalue weighted by molar-refractivity contribution is 9.10. The smallest absolute Gasteiger partial charge is 0.109 e. The molecule has 3 rings (SSSR count). The normalized spacial score (nSPS) is 12.3. The van der Waals surface area contributed by atoms with Gasteiger partial charge in [0.1, 0.15) is 6.10 Å². The van der Waals surface area contributed by atoms with Gasteiger partial charge in [0.25, 0.3) is 0 Å². The van der Waals surface area contributed by atoms with Crippen LogP contribution in [0.1, 0.15) is 17.2 Å². The molecule has 3 aromatic rings. The topological polar surface area (TPSA) is 38.1 Å². The number of rotatable bonds is 3. The van der Waals surface area contributed by atoms with Crippen LogP contribution >= 0.6 is 27.5 Å². The fourth-order valence-corrected chi connectivity index (χ4v) is 2.88. The summed E-state index contributed by atoms with van der Waals surface area (Å²) in [6.07, 6.45) is 2.65. The number of halogens is 2. The van der Waals surface area contributed by atoms with Gasteiger partial charge in [-0.15, -0.1) is 0 Å². The van der Waals surface area contributed by atoms with E-state index in [0.29, 0.717) is 16.1 Å².